The highest BCUT2D eigenvalue weighted by atomic mass is 16.5. The number of hydrogen-bond donors (Lipinski definition) is 1. The van der Waals surface area contributed by atoms with Crippen LogP contribution in [0, 0.1) is 0 Å². The molecule has 7 nitrogen and oxygen atoms in total. The molecule has 1 amide bonds. The minimum Gasteiger partial charge on any atom is -0.457 e. The fourth-order valence-corrected chi connectivity index (χ4v) is 5.01. The Bertz CT molecular complexity index is 1300. The maximum Gasteiger partial charge on any atom is 0.228 e. The van der Waals surface area contributed by atoms with Crippen LogP contribution in [0.3, 0.4) is 0 Å². The van der Waals surface area contributed by atoms with E-state index in [4.69, 9.17) is 9.47 Å². The maximum atomic E-state index is 12.7. The van der Waals surface area contributed by atoms with Crippen LogP contribution in [0.4, 0.5) is 5.69 Å². The van der Waals surface area contributed by atoms with Gasteiger partial charge in [0.05, 0.1) is 24.7 Å². The molecular weight excluding hydrogens is 464 g/mol. The molecule has 1 atom stereocenters. The standard InChI is InChI=1S/C30H34N4O3/c1-36-22-26-7-5-16-33(26)17-6-18-34-29-20-25(13-12-24(29)21-31-34)32-30(35)19-23-10-14-28(15-11-23)37-27-8-3-2-4-9-27/h2-4,8-15,20-21,26H,5-7,16-19,22H2,1H3,(H,32,35)/t26-/m0/s1. The van der Waals surface area contributed by atoms with Crippen molar-refractivity contribution in [2.45, 2.75) is 38.3 Å². The molecule has 192 valence electrons. The van der Waals surface area contributed by atoms with E-state index in [1.54, 1.807) is 7.11 Å². The molecule has 1 aliphatic heterocycles. The highest BCUT2D eigenvalue weighted by Gasteiger charge is 2.23. The van der Waals surface area contributed by atoms with Crippen LogP contribution in [0.15, 0.2) is 79.0 Å². The highest BCUT2D eigenvalue weighted by molar-refractivity contribution is 5.94. The van der Waals surface area contributed by atoms with Crippen LogP contribution in [0.5, 0.6) is 11.5 Å². The Morgan fingerprint density at radius 3 is 2.65 bits per heavy atom. The van der Waals surface area contributed by atoms with Crippen molar-refractivity contribution < 1.29 is 14.3 Å². The summed E-state index contributed by atoms with van der Waals surface area (Å²) in [5.41, 5.74) is 2.75. The van der Waals surface area contributed by atoms with E-state index in [0.717, 1.165) is 66.3 Å². The Balaban J connectivity index is 1.15. The van der Waals surface area contributed by atoms with Crippen molar-refractivity contribution in [3.63, 3.8) is 0 Å². The van der Waals surface area contributed by atoms with E-state index < -0.39 is 0 Å². The molecule has 0 aliphatic carbocycles. The van der Waals surface area contributed by atoms with E-state index in [1.165, 1.54) is 12.8 Å². The lowest BCUT2D eigenvalue weighted by molar-refractivity contribution is -0.115. The zero-order valence-corrected chi connectivity index (χ0v) is 21.3. The third kappa shape index (κ3) is 6.56. The van der Waals surface area contributed by atoms with Gasteiger partial charge in [0.15, 0.2) is 0 Å². The van der Waals surface area contributed by atoms with Crippen molar-refractivity contribution in [3.8, 4) is 11.5 Å². The average molecular weight is 499 g/mol. The highest BCUT2D eigenvalue weighted by Crippen LogP contribution is 2.23. The fourth-order valence-electron chi connectivity index (χ4n) is 5.01. The van der Waals surface area contributed by atoms with Gasteiger partial charge < -0.3 is 14.8 Å². The number of aromatic nitrogens is 2. The van der Waals surface area contributed by atoms with E-state index in [9.17, 15) is 4.79 Å². The molecule has 1 N–H and O–H groups in total. The van der Waals surface area contributed by atoms with Gasteiger partial charge in [-0.3, -0.25) is 14.4 Å². The summed E-state index contributed by atoms with van der Waals surface area (Å²) in [5, 5.41) is 8.71. The van der Waals surface area contributed by atoms with Crippen molar-refractivity contribution in [3.05, 3.63) is 84.6 Å². The summed E-state index contributed by atoms with van der Waals surface area (Å²) < 4.78 is 13.2. The van der Waals surface area contributed by atoms with Crippen molar-refractivity contribution in [1.82, 2.24) is 14.7 Å². The Labute approximate surface area is 218 Å². The molecule has 37 heavy (non-hydrogen) atoms. The topological polar surface area (TPSA) is 68.6 Å². The van der Waals surface area contributed by atoms with Crippen LogP contribution in [0.25, 0.3) is 10.9 Å². The second kappa shape index (κ2) is 12.0. The smallest absolute Gasteiger partial charge is 0.228 e. The van der Waals surface area contributed by atoms with Crippen molar-refractivity contribution in [2.75, 3.05) is 32.1 Å². The van der Waals surface area contributed by atoms with Crippen LogP contribution in [0.1, 0.15) is 24.8 Å². The van der Waals surface area contributed by atoms with Gasteiger partial charge in [0.2, 0.25) is 5.91 Å². The first-order valence-electron chi connectivity index (χ1n) is 13.0. The molecule has 0 radical (unpaired) electrons. The fraction of sp³-hybridized carbons (Fsp3) is 0.333. The predicted molar refractivity (Wildman–Crippen MR) is 146 cm³/mol. The number of para-hydroxylation sites is 1. The number of rotatable bonds is 11. The molecule has 1 aromatic heterocycles. The Morgan fingerprint density at radius 2 is 1.84 bits per heavy atom. The molecule has 1 fully saturated rings. The molecule has 3 aromatic carbocycles. The summed E-state index contributed by atoms with van der Waals surface area (Å²) >= 11 is 0. The third-order valence-corrected chi connectivity index (χ3v) is 6.87. The van der Waals surface area contributed by atoms with Gasteiger partial charge in [-0.1, -0.05) is 30.3 Å². The molecule has 1 aliphatic rings. The lowest BCUT2D eigenvalue weighted by Gasteiger charge is -2.23. The summed E-state index contributed by atoms with van der Waals surface area (Å²) in [6, 6.07) is 23.8. The Hall–Kier alpha value is -3.68. The average Bonchev–Trinajstić information content (AvgIpc) is 3.53. The number of nitrogens with zero attached hydrogens (tertiary/aromatic N) is 3. The van der Waals surface area contributed by atoms with Gasteiger partial charge in [-0.25, -0.2) is 0 Å². The number of nitrogens with one attached hydrogen (secondary N) is 1. The van der Waals surface area contributed by atoms with E-state index in [0.29, 0.717) is 12.5 Å². The molecule has 1 saturated heterocycles. The van der Waals surface area contributed by atoms with Crippen molar-refractivity contribution >= 4 is 22.5 Å². The number of aryl methyl sites for hydroxylation is 1. The van der Waals surface area contributed by atoms with Gasteiger partial charge in [0, 0.05) is 37.3 Å². The lowest BCUT2D eigenvalue weighted by atomic mass is 10.1. The van der Waals surface area contributed by atoms with E-state index >= 15 is 0 Å². The molecule has 0 unspecified atom stereocenters. The monoisotopic (exact) mass is 498 g/mol. The lowest BCUT2D eigenvalue weighted by Crippen LogP contribution is -2.34. The molecular formula is C30H34N4O3. The number of amides is 1. The predicted octanol–water partition coefficient (Wildman–Crippen LogP) is 5.51. The minimum absolute atomic E-state index is 0.0552. The van der Waals surface area contributed by atoms with Gasteiger partial charge >= 0.3 is 0 Å². The zero-order chi connectivity index (χ0) is 25.5. The minimum atomic E-state index is -0.0552. The third-order valence-electron chi connectivity index (χ3n) is 6.87. The van der Waals surface area contributed by atoms with E-state index in [1.807, 2.05) is 83.7 Å². The Morgan fingerprint density at radius 1 is 1.03 bits per heavy atom. The second-order valence-electron chi connectivity index (χ2n) is 9.57. The van der Waals surface area contributed by atoms with Gasteiger partial charge in [0.25, 0.3) is 0 Å². The first kappa shape index (κ1) is 25.0. The van der Waals surface area contributed by atoms with E-state index in [2.05, 4.69) is 15.3 Å². The number of methoxy groups -OCH3 is 1. The first-order valence-corrected chi connectivity index (χ1v) is 13.0. The maximum absolute atomic E-state index is 12.7. The number of carbonyl (C=O) groups excluding carboxylic acids is 1. The molecule has 0 bridgehead atoms. The largest absolute Gasteiger partial charge is 0.457 e. The summed E-state index contributed by atoms with van der Waals surface area (Å²) in [7, 11) is 1.78. The summed E-state index contributed by atoms with van der Waals surface area (Å²) in [5.74, 6) is 1.47. The van der Waals surface area contributed by atoms with Gasteiger partial charge in [-0.15, -0.1) is 0 Å². The van der Waals surface area contributed by atoms with Crippen LogP contribution in [-0.2, 0) is 22.5 Å². The van der Waals surface area contributed by atoms with Crippen LogP contribution in [-0.4, -0.2) is 53.4 Å². The number of anilines is 1. The number of benzene rings is 3. The SMILES string of the molecule is COC[C@@H]1CCCN1CCCn1ncc2ccc(NC(=O)Cc3ccc(Oc4ccccc4)cc3)cc21. The number of fused-ring (bicyclic) bond motifs is 1. The van der Waals surface area contributed by atoms with Gasteiger partial charge in [-0.05, 0) is 73.8 Å². The summed E-state index contributed by atoms with van der Waals surface area (Å²) in [6.07, 6.45) is 5.67. The number of hydrogen-bond acceptors (Lipinski definition) is 5. The molecule has 4 aromatic rings. The molecule has 5 rings (SSSR count). The quantitative estimate of drug-likeness (QED) is 0.295. The molecule has 7 heteroatoms. The van der Waals surface area contributed by atoms with Crippen LogP contribution in [0.2, 0.25) is 0 Å². The summed E-state index contributed by atoms with van der Waals surface area (Å²) in [6.45, 7) is 3.84. The van der Waals surface area contributed by atoms with E-state index in [-0.39, 0.29) is 5.91 Å². The number of carbonyl (C=O) groups is 1. The molecule has 0 spiro atoms. The zero-order valence-electron chi connectivity index (χ0n) is 21.3. The molecule has 0 saturated carbocycles. The second-order valence-corrected chi connectivity index (χ2v) is 9.57. The van der Waals surface area contributed by atoms with Crippen molar-refractivity contribution in [2.24, 2.45) is 0 Å². The van der Waals surface area contributed by atoms with Crippen LogP contribution < -0.4 is 10.1 Å². The van der Waals surface area contributed by atoms with Gasteiger partial charge in [0.1, 0.15) is 11.5 Å². The Kier molecular flexibility index (Phi) is 8.13. The summed E-state index contributed by atoms with van der Waals surface area (Å²) in [4.78, 5) is 15.3. The van der Waals surface area contributed by atoms with Crippen molar-refractivity contribution in [1.29, 1.82) is 0 Å². The molecule has 2 heterocycles. The normalized spacial score (nSPS) is 15.8. The van der Waals surface area contributed by atoms with Crippen LogP contribution >= 0.6 is 0 Å². The first-order chi connectivity index (χ1) is 18.2. The number of likely N-dealkylation sites (tertiary alicyclic amines) is 1. The number of ether oxygens (including phenoxy) is 2. The van der Waals surface area contributed by atoms with Gasteiger partial charge in [-0.2, -0.15) is 5.10 Å².